The molecule has 1 aliphatic heterocycles. The maximum Gasteiger partial charge on any atom is 0.253 e. The van der Waals surface area contributed by atoms with Crippen molar-refractivity contribution in [2.24, 2.45) is 11.3 Å². The molecule has 1 rings (SSSR count). The quantitative estimate of drug-likeness (QED) is 0.754. The van der Waals surface area contributed by atoms with Gasteiger partial charge in [-0.15, -0.1) is 0 Å². The molecule has 0 radical (unpaired) electrons. The predicted octanol–water partition coefficient (Wildman–Crippen LogP) is 2.23. The molecule has 19 heavy (non-hydrogen) atoms. The lowest BCUT2D eigenvalue weighted by Gasteiger charge is -2.40. The summed E-state index contributed by atoms with van der Waals surface area (Å²) < 4.78 is 52.7. The van der Waals surface area contributed by atoms with Crippen LogP contribution in [0.4, 0.5) is 8.78 Å². The van der Waals surface area contributed by atoms with Gasteiger partial charge in [0.1, 0.15) is 0 Å². The van der Waals surface area contributed by atoms with E-state index in [4.69, 9.17) is 5.26 Å². The van der Waals surface area contributed by atoms with Gasteiger partial charge in [0.05, 0.1) is 11.8 Å². The number of nitrogens with zero attached hydrogens (tertiary/aromatic N) is 2. The highest BCUT2D eigenvalue weighted by Crippen LogP contribution is 2.41. The van der Waals surface area contributed by atoms with E-state index in [2.05, 4.69) is 0 Å². The summed E-state index contributed by atoms with van der Waals surface area (Å²) in [6.07, 6.45) is -0.0763. The maximum absolute atomic E-state index is 13.7. The van der Waals surface area contributed by atoms with E-state index in [1.165, 1.54) is 25.1 Å². The van der Waals surface area contributed by atoms with Crippen molar-refractivity contribution in [1.82, 2.24) is 4.31 Å². The molecule has 1 fully saturated rings. The van der Waals surface area contributed by atoms with Gasteiger partial charge in [0.2, 0.25) is 10.0 Å². The predicted molar refractivity (Wildman–Crippen MR) is 68.1 cm³/mol. The van der Waals surface area contributed by atoms with Crippen LogP contribution in [0.1, 0.15) is 33.6 Å². The lowest BCUT2D eigenvalue weighted by molar-refractivity contribution is -0.0973. The number of rotatable bonds is 6. The van der Waals surface area contributed by atoms with Crippen LogP contribution in [0.2, 0.25) is 0 Å². The standard InChI is InChI=1S/C12H20F2N2O2S/c1-4-12(13,14)11(2,3)9-19(17,18)16-7-10(8-16)5-6-15/h10H,4-5,7-9H2,1-3H3. The highest BCUT2D eigenvalue weighted by molar-refractivity contribution is 7.89. The molecule has 7 heteroatoms. The fourth-order valence-corrected chi connectivity index (χ4v) is 4.32. The largest absolute Gasteiger partial charge is 0.253 e. The van der Waals surface area contributed by atoms with Gasteiger partial charge in [0, 0.05) is 31.3 Å². The molecule has 0 aromatic carbocycles. The summed E-state index contributed by atoms with van der Waals surface area (Å²) in [6.45, 7) is 4.44. The topological polar surface area (TPSA) is 61.2 Å². The molecular formula is C12H20F2N2O2S. The third-order valence-electron chi connectivity index (χ3n) is 3.67. The normalized spacial score (nSPS) is 18.9. The Hall–Kier alpha value is -0.740. The second kappa shape index (κ2) is 5.33. The molecule has 0 aromatic heterocycles. The van der Waals surface area contributed by atoms with Crippen molar-refractivity contribution >= 4 is 10.0 Å². The minimum absolute atomic E-state index is 0.0366. The van der Waals surface area contributed by atoms with Gasteiger partial charge >= 0.3 is 0 Å². The first-order chi connectivity index (χ1) is 8.55. The van der Waals surface area contributed by atoms with Crippen molar-refractivity contribution in [3.63, 3.8) is 0 Å². The molecule has 0 bridgehead atoms. The van der Waals surface area contributed by atoms with E-state index in [9.17, 15) is 17.2 Å². The van der Waals surface area contributed by atoms with E-state index in [-0.39, 0.29) is 25.4 Å². The Labute approximate surface area is 113 Å². The Morgan fingerprint density at radius 1 is 1.37 bits per heavy atom. The molecule has 0 spiro atoms. The van der Waals surface area contributed by atoms with Crippen LogP contribution in [0.3, 0.4) is 0 Å². The van der Waals surface area contributed by atoms with E-state index in [0.29, 0.717) is 6.42 Å². The number of nitriles is 1. The fourth-order valence-electron chi connectivity index (χ4n) is 2.14. The molecule has 0 N–H and O–H groups in total. The SMILES string of the molecule is CCC(F)(F)C(C)(C)CS(=O)(=O)N1CC(CC#N)C1. The van der Waals surface area contributed by atoms with Crippen LogP contribution in [0.5, 0.6) is 0 Å². The molecule has 0 unspecified atom stereocenters. The number of alkyl halides is 2. The number of halogens is 2. The van der Waals surface area contributed by atoms with Gasteiger partial charge in [-0.1, -0.05) is 20.8 Å². The highest BCUT2D eigenvalue weighted by Gasteiger charge is 2.49. The van der Waals surface area contributed by atoms with Crippen molar-refractivity contribution in [2.75, 3.05) is 18.8 Å². The van der Waals surface area contributed by atoms with Crippen LogP contribution < -0.4 is 0 Å². The van der Waals surface area contributed by atoms with Crippen LogP contribution in [-0.2, 0) is 10.0 Å². The summed E-state index contributed by atoms with van der Waals surface area (Å²) in [5, 5.41) is 8.50. The van der Waals surface area contributed by atoms with Crippen LogP contribution >= 0.6 is 0 Å². The summed E-state index contributed by atoms with van der Waals surface area (Å²) >= 11 is 0. The summed E-state index contributed by atoms with van der Waals surface area (Å²) in [5.74, 6) is -3.55. The molecule has 0 aliphatic carbocycles. The second-order valence-electron chi connectivity index (χ2n) is 5.74. The van der Waals surface area contributed by atoms with Gasteiger partial charge in [-0.2, -0.15) is 5.26 Å². The van der Waals surface area contributed by atoms with Crippen molar-refractivity contribution in [1.29, 1.82) is 5.26 Å². The fraction of sp³-hybridized carbons (Fsp3) is 0.917. The Bertz CT molecular complexity index is 463. The first kappa shape index (κ1) is 16.3. The van der Waals surface area contributed by atoms with Gasteiger partial charge in [-0.25, -0.2) is 21.5 Å². The van der Waals surface area contributed by atoms with Crippen LogP contribution in [0.25, 0.3) is 0 Å². The van der Waals surface area contributed by atoms with Gasteiger partial charge < -0.3 is 0 Å². The molecule has 0 saturated carbocycles. The Morgan fingerprint density at radius 3 is 2.32 bits per heavy atom. The van der Waals surface area contributed by atoms with E-state index in [1.807, 2.05) is 6.07 Å². The minimum Gasteiger partial charge on any atom is -0.212 e. The van der Waals surface area contributed by atoms with Crippen LogP contribution in [0, 0.1) is 22.7 Å². The molecule has 1 heterocycles. The van der Waals surface area contributed by atoms with Crippen LogP contribution in [0.15, 0.2) is 0 Å². The number of hydrogen-bond acceptors (Lipinski definition) is 3. The van der Waals surface area contributed by atoms with Crippen molar-refractivity contribution in [3.05, 3.63) is 0 Å². The number of sulfonamides is 1. The second-order valence-corrected chi connectivity index (χ2v) is 7.71. The van der Waals surface area contributed by atoms with Crippen molar-refractivity contribution in [3.8, 4) is 6.07 Å². The van der Waals surface area contributed by atoms with Crippen molar-refractivity contribution in [2.45, 2.75) is 39.5 Å². The van der Waals surface area contributed by atoms with E-state index in [1.54, 1.807) is 0 Å². The van der Waals surface area contributed by atoms with Gasteiger partial charge in [0.25, 0.3) is 5.92 Å². The lowest BCUT2D eigenvalue weighted by Crippen LogP contribution is -2.53. The summed E-state index contributed by atoms with van der Waals surface area (Å²) in [4.78, 5) is 0. The summed E-state index contributed by atoms with van der Waals surface area (Å²) in [7, 11) is -3.68. The molecule has 1 saturated heterocycles. The third kappa shape index (κ3) is 3.42. The van der Waals surface area contributed by atoms with Gasteiger partial charge in [0.15, 0.2) is 0 Å². The first-order valence-electron chi connectivity index (χ1n) is 6.28. The molecule has 0 atom stereocenters. The minimum atomic E-state index is -3.68. The first-order valence-corrected chi connectivity index (χ1v) is 7.89. The highest BCUT2D eigenvalue weighted by atomic mass is 32.2. The van der Waals surface area contributed by atoms with Gasteiger partial charge in [-0.05, 0) is 5.92 Å². The molecule has 4 nitrogen and oxygen atoms in total. The van der Waals surface area contributed by atoms with E-state index >= 15 is 0 Å². The zero-order valence-corrected chi connectivity index (χ0v) is 12.3. The monoisotopic (exact) mass is 294 g/mol. The maximum atomic E-state index is 13.7. The third-order valence-corrected chi connectivity index (χ3v) is 5.85. The number of hydrogen-bond donors (Lipinski definition) is 0. The average molecular weight is 294 g/mol. The van der Waals surface area contributed by atoms with Gasteiger partial charge in [-0.3, -0.25) is 0 Å². The molecular weight excluding hydrogens is 274 g/mol. The Balaban J connectivity index is 2.70. The van der Waals surface area contributed by atoms with E-state index in [0.717, 1.165) is 0 Å². The molecule has 0 amide bonds. The summed E-state index contributed by atoms with van der Waals surface area (Å²) in [5.41, 5.74) is -1.60. The molecule has 1 aliphatic rings. The molecule has 0 aromatic rings. The smallest absolute Gasteiger partial charge is 0.212 e. The summed E-state index contributed by atoms with van der Waals surface area (Å²) in [6, 6.07) is 1.98. The Kier molecular flexibility index (Phi) is 4.58. The lowest BCUT2D eigenvalue weighted by atomic mass is 9.86. The zero-order valence-electron chi connectivity index (χ0n) is 11.5. The van der Waals surface area contributed by atoms with Crippen LogP contribution in [-0.4, -0.2) is 37.5 Å². The van der Waals surface area contributed by atoms with Crippen molar-refractivity contribution < 1.29 is 17.2 Å². The average Bonchev–Trinajstić information content (AvgIpc) is 2.20. The molecule has 110 valence electrons. The Morgan fingerprint density at radius 2 is 1.89 bits per heavy atom. The zero-order chi connectivity index (χ0) is 14.9. The van der Waals surface area contributed by atoms with E-state index < -0.39 is 27.1 Å².